The lowest BCUT2D eigenvalue weighted by atomic mass is 10.2. The Labute approximate surface area is 116 Å². The summed E-state index contributed by atoms with van der Waals surface area (Å²) in [6, 6.07) is 5.61. The number of nitrogens with zero attached hydrogens (tertiary/aromatic N) is 3. The molecule has 0 aromatic carbocycles. The molecule has 0 saturated heterocycles. The van der Waals surface area contributed by atoms with Gasteiger partial charge in [0.25, 0.3) is 0 Å². The lowest BCUT2D eigenvalue weighted by molar-refractivity contribution is -0.121. The minimum absolute atomic E-state index is 0.00556. The Kier molecular flexibility index (Phi) is 4.57. The molecule has 1 amide bonds. The predicted octanol–water partition coefficient (Wildman–Crippen LogP) is 2.05. The normalized spacial score (nSPS) is 12.1. The van der Waals surface area contributed by atoms with Crippen LogP contribution in [-0.4, -0.2) is 21.1 Å². The van der Waals surface area contributed by atoms with Crippen molar-refractivity contribution in [2.24, 2.45) is 0 Å². The topological polar surface area (TPSA) is 67.8 Å². The molecule has 5 nitrogen and oxygen atoms in total. The fourth-order valence-corrected chi connectivity index (χ4v) is 2.35. The van der Waals surface area contributed by atoms with Crippen molar-refractivity contribution in [2.75, 3.05) is 0 Å². The van der Waals surface area contributed by atoms with Gasteiger partial charge in [0, 0.05) is 18.3 Å². The summed E-state index contributed by atoms with van der Waals surface area (Å²) in [4.78, 5) is 16.0. The molecule has 0 saturated carbocycles. The molecule has 1 atom stereocenters. The third kappa shape index (κ3) is 4.10. The number of carbonyl (C=O) groups is 1. The molecule has 0 aliphatic rings. The molecule has 0 spiro atoms. The van der Waals surface area contributed by atoms with Crippen LogP contribution in [0.3, 0.4) is 0 Å². The number of aromatic nitrogens is 3. The van der Waals surface area contributed by atoms with E-state index in [-0.39, 0.29) is 11.9 Å². The first-order chi connectivity index (χ1) is 9.15. The number of carbonyl (C=O) groups excluding carboxylic acids is 1. The van der Waals surface area contributed by atoms with E-state index in [1.165, 1.54) is 11.3 Å². The number of hydrogen-bond acceptors (Lipinski definition) is 5. The first-order valence-electron chi connectivity index (χ1n) is 6.14. The fraction of sp³-hybridized carbons (Fsp3) is 0.385. The summed E-state index contributed by atoms with van der Waals surface area (Å²) in [5.74, 6) is 0.00556. The van der Waals surface area contributed by atoms with Crippen molar-refractivity contribution in [3.63, 3.8) is 0 Å². The molecule has 2 rings (SSSR count). The van der Waals surface area contributed by atoms with Gasteiger partial charge in [-0.15, -0.1) is 10.2 Å². The van der Waals surface area contributed by atoms with Crippen LogP contribution in [0.15, 0.2) is 24.4 Å². The molecule has 0 radical (unpaired) electrons. The second-order valence-electron chi connectivity index (χ2n) is 4.27. The minimum atomic E-state index is -0.0950. The maximum atomic E-state index is 11.8. The van der Waals surface area contributed by atoms with Crippen molar-refractivity contribution < 1.29 is 4.79 Å². The molecule has 19 heavy (non-hydrogen) atoms. The van der Waals surface area contributed by atoms with Crippen molar-refractivity contribution in [2.45, 2.75) is 32.7 Å². The van der Waals surface area contributed by atoms with E-state index in [2.05, 4.69) is 20.5 Å². The van der Waals surface area contributed by atoms with Crippen molar-refractivity contribution in [3.05, 3.63) is 40.1 Å². The molecule has 0 fully saturated rings. The van der Waals surface area contributed by atoms with E-state index >= 15 is 0 Å². The smallest absolute Gasteiger partial charge is 0.220 e. The van der Waals surface area contributed by atoms with Crippen LogP contribution in [0, 0.1) is 6.92 Å². The highest BCUT2D eigenvalue weighted by Gasteiger charge is 2.13. The Hall–Kier alpha value is -1.82. The Bertz CT molecular complexity index is 541. The maximum Gasteiger partial charge on any atom is 0.220 e. The number of nitrogens with one attached hydrogen (secondary N) is 1. The van der Waals surface area contributed by atoms with Gasteiger partial charge in [0.05, 0.1) is 6.04 Å². The van der Waals surface area contributed by atoms with Gasteiger partial charge >= 0.3 is 0 Å². The summed E-state index contributed by atoms with van der Waals surface area (Å²) in [6.45, 7) is 3.81. The highest BCUT2D eigenvalue weighted by molar-refractivity contribution is 7.11. The second kappa shape index (κ2) is 6.38. The van der Waals surface area contributed by atoms with Gasteiger partial charge in [-0.2, -0.15) is 0 Å². The summed E-state index contributed by atoms with van der Waals surface area (Å²) in [5.41, 5.74) is 0.928. The van der Waals surface area contributed by atoms with E-state index in [4.69, 9.17) is 0 Å². The number of aryl methyl sites for hydroxylation is 2. The van der Waals surface area contributed by atoms with Crippen LogP contribution in [0.4, 0.5) is 0 Å². The van der Waals surface area contributed by atoms with Gasteiger partial charge in [-0.25, -0.2) is 0 Å². The number of rotatable bonds is 5. The highest BCUT2D eigenvalue weighted by Crippen LogP contribution is 2.16. The molecule has 1 N–H and O–H groups in total. The summed E-state index contributed by atoms with van der Waals surface area (Å²) in [6.07, 6.45) is 2.81. The maximum absolute atomic E-state index is 11.8. The van der Waals surface area contributed by atoms with Crippen molar-refractivity contribution >= 4 is 17.2 Å². The van der Waals surface area contributed by atoms with E-state index in [0.717, 1.165) is 15.7 Å². The molecular weight excluding hydrogens is 260 g/mol. The second-order valence-corrected chi connectivity index (χ2v) is 5.48. The third-order valence-electron chi connectivity index (χ3n) is 2.62. The quantitative estimate of drug-likeness (QED) is 0.907. The number of hydrogen-bond donors (Lipinski definition) is 1. The summed E-state index contributed by atoms with van der Waals surface area (Å²) < 4.78 is 0. The van der Waals surface area contributed by atoms with Gasteiger partial charge in [-0.3, -0.25) is 9.78 Å². The van der Waals surface area contributed by atoms with Crippen LogP contribution in [0.25, 0.3) is 0 Å². The van der Waals surface area contributed by atoms with E-state index in [1.54, 1.807) is 6.20 Å². The number of amides is 1. The molecule has 0 bridgehead atoms. The Morgan fingerprint density at radius 2 is 2.26 bits per heavy atom. The minimum Gasteiger partial charge on any atom is -0.347 e. The highest BCUT2D eigenvalue weighted by atomic mass is 32.1. The van der Waals surface area contributed by atoms with Gasteiger partial charge in [0.15, 0.2) is 0 Å². The van der Waals surface area contributed by atoms with Crippen LogP contribution in [0.2, 0.25) is 0 Å². The number of pyridine rings is 1. The van der Waals surface area contributed by atoms with Gasteiger partial charge in [0.2, 0.25) is 5.91 Å². The molecule has 2 heterocycles. The molecule has 2 aromatic rings. The van der Waals surface area contributed by atoms with Crippen LogP contribution in [0.1, 0.15) is 35.1 Å². The largest absolute Gasteiger partial charge is 0.347 e. The van der Waals surface area contributed by atoms with E-state index in [9.17, 15) is 4.79 Å². The first-order valence-corrected chi connectivity index (χ1v) is 6.96. The van der Waals surface area contributed by atoms with Crippen molar-refractivity contribution in [3.8, 4) is 0 Å². The Morgan fingerprint density at radius 1 is 1.42 bits per heavy atom. The zero-order chi connectivity index (χ0) is 13.7. The van der Waals surface area contributed by atoms with Crippen LogP contribution in [-0.2, 0) is 11.2 Å². The van der Waals surface area contributed by atoms with Crippen molar-refractivity contribution in [1.29, 1.82) is 0 Å². The van der Waals surface area contributed by atoms with E-state index in [1.807, 2.05) is 32.0 Å². The monoisotopic (exact) mass is 276 g/mol. The molecule has 0 aliphatic heterocycles. The fourth-order valence-electron chi connectivity index (χ4n) is 1.65. The van der Waals surface area contributed by atoms with Crippen LogP contribution in [0.5, 0.6) is 0 Å². The average molecular weight is 276 g/mol. The van der Waals surface area contributed by atoms with Gasteiger partial charge in [-0.05, 0) is 32.4 Å². The summed E-state index contributed by atoms with van der Waals surface area (Å²) in [5, 5.41) is 12.6. The van der Waals surface area contributed by atoms with Gasteiger partial charge in [0.1, 0.15) is 10.0 Å². The SMILES string of the molecule is Cc1nnc(C(C)NC(=O)CCc2ccccn2)s1. The third-order valence-corrected chi connectivity index (χ3v) is 3.65. The molecule has 2 aromatic heterocycles. The lowest BCUT2D eigenvalue weighted by Crippen LogP contribution is -2.26. The molecular formula is C13H16N4OS. The Morgan fingerprint density at radius 3 is 2.89 bits per heavy atom. The van der Waals surface area contributed by atoms with Gasteiger partial charge < -0.3 is 5.32 Å². The standard InChI is InChI=1S/C13H16N4OS/c1-9(13-17-16-10(2)19-13)15-12(18)7-6-11-5-3-4-8-14-11/h3-5,8-9H,6-7H2,1-2H3,(H,15,18). The van der Waals surface area contributed by atoms with E-state index in [0.29, 0.717) is 12.8 Å². The molecule has 6 heteroatoms. The Balaban J connectivity index is 1.81. The zero-order valence-electron chi connectivity index (χ0n) is 11.0. The molecule has 0 aliphatic carbocycles. The van der Waals surface area contributed by atoms with Crippen molar-refractivity contribution in [1.82, 2.24) is 20.5 Å². The average Bonchev–Trinajstić information content (AvgIpc) is 2.84. The predicted molar refractivity (Wildman–Crippen MR) is 73.8 cm³/mol. The van der Waals surface area contributed by atoms with E-state index < -0.39 is 0 Å². The van der Waals surface area contributed by atoms with Crippen LogP contribution < -0.4 is 5.32 Å². The van der Waals surface area contributed by atoms with Gasteiger partial charge in [-0.1, -0.05) is 17.4 Å². The lowest BCUT2D eigenvalue weighted by Gasteiger charge is -2.10. The summed E-state index contributed by atoms with van der Waals surface area (Å²) >= 11 is 1.50. The molecule has 100 valence electrons. The molecule has 1 unspecified atom stereocenters. The van der Waals surface area contributed by atoms with Crippen LogP contribution >= 0.6 is 11.3 Å². The zero-order valence-corrected chi connectivity index (χ0v) is 11.8. The summed E-state index contributed by atoms with van der Waals surface area (Å²) in [7, 11) is 0. The first kappa shape index (κ1) is 13.6.